The molecule has 2 heterocycles. The molecule has 1 N–H and O–H groups in total. The summed E-state index contributed by atoms with van der Waals surface area (Å²) >= 11 is 3.66. The number of aromatic nitrogens is 2. The fraction of sp³-hybridized carbons (Fsp3) is 0.786. The SMILES string of the molecule is CCc1nn(CC)c(COC2CNCCC2C)c1Br. The molecule has 108 valence electrons. The Kier molecular flexibility index (Phi) is 5.42. The third-order valence-corrected chi connectivity index (χ3v) is 4.80. The van der Waals surface area contributed by atoms with E-state index >= 15 is 0 Å². The van der Waals surface area contributed by atoms with Crippen LogP contribution in [0.25, 0.3) is 0 Å². The summed E-state index contributed by atoms with van der Waals surface area (Å²) in [4.78, 5) is 0. The molecule has 2 unspecified atom stereocenters. The number of aryl methyl sites for hydroxylation is 2. The molecule has 4 nitrogen and oxygen atoms in total. The van der Waals surface area contributed by atoms with E-state index in [1.54, 1.807) is 0 Å². The van der Waals surface area contributed by atoms with Gasteiger partial charge < -0.3 is 10.1 Å². The molecule has 5 heteroatoms. The standard InChI is InChI=1S/C14H24BrN3O/c1-4-11-14(15)12(18(5-2)17-11)9-19-13-8-16-7-6-10(13)3/h10,13,16H,4-9H2,1-3H3. The molecule has 1 aromatic rings. The average molecular weight is 330 g/mol. The topological polar surface area (TPSA) is 39.1 Å². The van der Waals surface area contributed by atoms with Crippen molar-refractivity contribution in [2.45, 2.75) is 52.9 Å². The predicted molar refractivity (Wildman–Crippen MR) is 80.2 cm³/mol. The van der Waals surface area contributed by atoms with E-state index in [0.717, 1.165) is 41.9 Å². The maximum absolute atomic E-state index is 6.11. The lowest BCUT2D eigenvalue weighted by atomic mass is 9.97. The van der Waals surface area contributed by atoms with E-state index in [2.05, 4.69) is 47.1 Å². The molecule has 0 bridgehead atoms. The first-order chi connectivity index (χ1) is 9.17. The van der Waals surface area contributed by atoms with Crippen LogP contribution in [0.2, 0.25) is 0 Å². The minimum Gasteiger partial charge on any atom is -0.370 e. The van der Waals surface area contributed by atoms with Gasteiger partial charge in [-0.15, -0.1) is 0 Å². The van der Waals surface area contributed by atoms with Crippen LogP contribution in [0.15, 0.2) is 4.47 Å². The van der Waals surface area contributed by atoms with Gasteiger partial charge in [-0.05, 0) is 48.2 Å². The van der Waals surface area contributed by atoms with Crippen LogP contribution in [-0.2, 0) is 24.3 Å². The van der Waals surface area contributed by atoms with Gasteiger partial charge in [-0.25, -0.2) is 0 Å². The van der Waals surface area contributed by atoms with Crippen LogP contribution in [0.4, 0.5) is 0 Å². The number of ether oxygens (including phenoxy) is 1. The maximum Gasteiger partial charge on any atom is 0.0900 e. The molecule has 1 aliphatic heterocycles. The van der Waals surface area contributed by atoms with E-state index < -0.39 is 0 Å². The second kappa shape index (κ2) is 6.86. The van der Waals surface area contributed by atoms with E-state index in [-0.39, 0.29) is 0 Å². The molecular formula is C14H24BrN3O. The Morgan fingerprint density at radius 1 is 1.47 bits per heavy atom. The summed E-state index contributed by atoms with van der Waals surface area (Å²) in [6, 6.07) is 0. The number of hydrogen-bond donors (Lipinski definition) is 1. The van der Waals surface area contributed by atoms with Crippen LogP contribution in [0.1, 0.15) is 38.6 Å². The van der Waals surface area contributed by atoms with Crippen molar-refractivity contribution in [3.05, 3.63) is 15.9 Å². The number of rotatable bonds is 5. The van der Waals surface area contributed by atoms with Gasteiger partial charge in [0, 0.05) is 13.1 Å². The Balaban J connectivity index is 2.04. The van der Waals surface area contributed by atoms with E-state index in [1.807, 2.05) is 4.68 Å². The van der Waals surface area contributed by atoms with Crippen molar-refractivity contribution in [2.24, 2.45) is 5.92 Å². The Hall–Kier alpha value is -0.390. The van der Waals surface area contributed by atoms with Gasteiger partial charge in [0.1, 0.15) is 0 Å². The van der Waals surface area contributed by atoms with Crippen molar-refractivity contribution >= 4 is 15.9 Å². The molecule has 1 fully saturated rings. The zero-order chi connectivity index (χ0) is 13.8. The van der Waals surface area contributed by atoms with Gasteiger partial charge in [-0.3, -0.25) is 4.68 Å². The van der Waals surface area contributed by atoms with Crippen molar-refractivity contribution in [2.75, 3.05) is 13.1 Å². The minimum atomic E-state index is 0.311. The molecule has 2 atom stereocenters. The number of nitrogens with one attached hydrogen (secondary N) is 1. The van der Waals surface area contributed by atoms with Gasteiger partial charge in [0.25, 0.3) is 0 Å². The molecule has 0 radical (unpaired) electrons. The van der Waals surface area contributed by atoms with Crippen LogP contribution in [0.5, 0.6) is 0 Å². The third kappa shape index (κ3) is 3.38. The summed E-state index contributed by atoms with van der Waals surface area (Å²) < 4.78 is 9.27. The zero-order valence-corrected chi connectivity index (χ0v) is 13.7. The summed E-state index contributed by atoms with van der Waals surface area (Å²) in [5.41, 5.74) is 2.28. The van der Waals surface area contributed by atoms with Gasteiger partial charge in [0.05, 0.1) is 28.6 Å². The molecule has 1 saturated heterocycles. The van der Waals surface area contributed by atoms with E-state index in [9.17, 15) is 0 Å². The van der Waals surface area contributed by atoms with Gasteiger partial charge in [-0.2, -0.15) is 5.10 Å². The van der Waals surface area contributed by atoms with Crippen molar-refractivity contribution in [1.29, 1.82) is 0 Å². The van der Waals surface area contributed by atoms with Crippen molar-refractivity contribution < 1.29 is 4.74 Å². The highest BCUT2D eigenvalue weighted by Gasteiger charge is 2.23. The predicted octanol–water partition coefficient (Wildman–Crippen LogP) is 2.74. The molecule has 2 rings (SSSR count). The van der Waals surface area contributed by atoms with Gasteiger partial charge in [-0.1, -0.05) is 13.8 Å². The van der Waals surface area contributed by atoms with E-state index in [1.165, 1.54) is 6.42 Å². The fourth-order valence-corrected chi connectivity index (χ4v) is 3.20. The van der Waals surface area contributed by atoms with Crippen LogP contribution < -0.4 is 5.32 Å². The second-order valence-electron chi connectivity index (χ2n) is 5.20. The van der Waals surface area contributed by atoms with Crippen LogP contribution in [-0.4, -0.2) is 29.0 Å². The highest BCUT2D eigenvalue weighted by Crippen LogP contribution is 2.24. The number of hydrogen-bond acceptors (Lipinski definition) is 3. The Labute approximate surface area is 124 Å². The fourth-order valence-electron chi connectivity index (χ4n) is 2.53. The normalized spacial score (nSPS) is 23.8. The zero-order valence-electron chi connectivity index (χ0n) is 12.1. The quantitative estimate of drug-likeness (QED) is 0.902. The smallest absolute Gasteiger partial charge is 0.0900 e. The largest absolute Gasteiger partial charge is 0.370 e. The Morgan fingerprint density at radius 3 is 2.89 bits per heavy atom. The summed E-state index contributed by atoms with van der Waals surface area (Å²) in [6.45, 7) is 10.1. The molecule has 1 aliphatic rings. The minimum absolute atomic E-state index is 0.311. The molecule has 1 aromatic heterocycles. The van der Waals surface area contributed by atoms with Crippen LogP contribution in [0, 0.1) is 5.92 Å². The highest BCUT2D eigenvalue weighted by atomic mass is 79.9. The van der Waals surface area contributed by atoms with Gasteiger partial charge in [0.15, 0.2) is 0 Å². The van der Waals surface area contributed by atoms with E-state index in [4.69, 9.17) is 4.74 Å². The number of halogens is 1. The van der Waals surface area contributed by atoms with Crippen LogP contribution >= 0.6 is 15.9 Å². The summed E-state index contributed by atoms with van der Waals surface area (Å²) in [5.74, 6) is 0.628. The summed E-state index contributed by atoms with van der Waals surface area (Å²) in [6.07, 6.45) is 2.45. The molecule has 0 amide bonds. The first-order valence-corrected chi connectivity index (χ1v) is 8.03. The molecule has 0 aromatic carbocycles. The summed E-state index contributed by atoms with van der Waals surface area (Å²) in [5, 5.41) is 8.01. The molecular weight excluding hydrogens is 306 g/mol. The monoisotopic (exact) mass is 329 g/mol. The lowest BCUT2D eigenvalue weighted by Crippen LogP contribution is -2.41. The van der Waals surface area contributed by atoms with Gasteiger partial charge in [0.2, 0.25) is 0 Å². The lowest BCUT2D eigenvalue weighted by Gasteiger charge is -2.29. The number of nitrogens with zero attached hydrogens (tertiary/aromatic N) is 2. The molecule has 0 saturated carbocycles. The first kappa shape index (κ1) is 15.0. The van der Waals surface area contributed by atoms with Crippen molar-refractivity contribution in [3.8, 4) is 0 Å². The first-order valence-electron chi connectivity index (χ1n) is 7.23. The molecule has 0 aliphatic carbocycles. The lowest BCUT2D eigenvalue weighted by molar-refractivity contribution is -0.00960. The summed E-state index contributed by atoms with van der Waals surface area (Å²) in [7, 11) is 0. The second-order valence-corrected chi connectivity index (χ2v) is 5.99. The average Bonchev–Trinajstić information content (AvgIpc) is 2.74. The van der Waals surface area contributed by atoms with Crippen molar-refractivity contribution in [1.82, 2.24) is 15.1 Å². The Morgan fingerprint density at radius 2 is 2.26 bits per heavy atom. The highest BCUT2D eigenvalue weighted by molar-refractivity contribution is 9.10. The molecule has 0 spiro atoms. The number of piperidine rings is 1. The third-order valence-electron chi connectivity index (χ3n) is 3.88. The Bertz CT molecular complexity index is 419. The van der Waals surface area contributed by atoms with E-state index in [0.29, 0.717) is 18.6 Å². The van der Waals surface area contributed by atoms with Crippen LogP contribution in [0.3, 0.4) is 0 Å². The molecule has 19 heavy (non-hydrogen) atoms. The maximum atomic E-state index is 6.11. The van der Waals surface area contributed by atoms with Gasteiger partial charge >= 0.3 is 0 Å². The van der Waals surface area contributed by atoms with Crippen molar-refractivity contribution in [3.63, 3.8) is 0 Å².